The third-order valence-electron chi connectivity index (χ3n) is 8.01. The van der Waals surface area contributed by atoms with Crippen molar-refractivity contribution < 1.29 is 9.59 Å². The maximum Gasteiger partial charge on any atom is 0.225 e. The molecule has 6 aromatic rings. The van der Waals surface area contributed by atoms with E-state index in [4.69, 9.17) is 34.8 Å². The largest absolute Gasteiger partial charge is 0.299 e. The van der Waals surface area contributed by atoms with Crippen LogP contribution in [0.3, 0.4) is 0 Å². The van der Waals surface area contributed by atoms with E-state index >= 15 is 0 Å². The van der Waals surface area contributed by atoms with Crippen molar-refractivity contribution in [3.05, 3.63) is 101 Å². The number of carbonyl (C=O) groups is 2. The van der Waals surface area contributed by atoms with E-state index in [0.717, 1.165) is 56.8 Å². The van der Waals surface area contributed by atoms with Crippen LogP contribution in [0.5, 0.6) is 0 Å². The van der Waals surface area contributed by atoms with Crippen molar-refractivity contribution in [3.8, 4) is 0 Å². The smallest absolute Gasteiger partial charge is 0.225 e. The maximum atomic E-state index is 12.7. The van der Waals surface area contributed by atoms with Crippen molar-refractivity contribution in [2.45, 2.75) is 65.0 Å². The number of carbonyl (C=O) groups excluding carboxylic acids is 2. The van der Waals surface area contributed by atoms with Gasteiger partial charge in [-0.1, -0.05) is 69.4 Å². The molecule has 0 aliphatic heterocycles. The van der Waals surface area contributed by atoms with Gasteiger partial charge in [-0.25, -0.2) is 9.97 Å². The minimum absolute atomic E-state index is 0.121. The third-order valence-corrected chi connectivity index (χ3v) is 9.62. The van der Waals surface area contributed by atoms with Crippen molar-refractivity contribution >= 4 is 100 Å². The number of nitrogens with zero attached hydrogens (tertiary/aromatic N) is 8. The highest BCUT2D eigenvalue weighted by atomic mass is 79.9. The Labute approximate surface area is 313 Å². The molecule has 0 N–H and O–H groups in total. The molecule has 15 heteroatoms. The number of hydrogen-bond acceptors (Lipinski definition) is 8. The van der Waals surface area contributed by atoms with Gasteiger partial charge in [0.25, 0.3) is 0 Å². The first-order valence-electron chi connectivity index (χ1n) is 15.6. The number of aryl methyl sites for hydroxylation is 2. The van der Waals surface area contributed by atoms with Crippen LogP contribution in [0.25, 0.3) is 22.1 Å². The fraction of sp³-hybridized carbons (Fsp3) is 0.294. The SMILES string of the molecule is CCCn1cc2c(C3C(=O)Cc4ccc(Br)cc43)nc(Cl)nc2n1.CCCn1cc2c(Cl)nc(Cl)nc2n1.O=C1Cc2ccc(Br)cc2C1. The van der Waals surface area contributed by atoms with E-state index in [1.54, 1.807) is 4.68 Å². The monoisotopic (exact) mass is 844 g/mol. The van der Waals surface area contributed by atoms with Crippen molar-refractivity contribution in [3.63, 3.8) is 0 Å². The molecule has 2 aliphatic rings. The first-order valence-corrected chi connectivity index (χ1v) is 18.3. The van der Waals surface area contributed by atoms with Gasteiger partial charge >= 0.3 is 0 Å². The molecule has 0 saturated heterocycles. The lowest BCUT2D eigenvalue weighted by molar-refractivity contribution is -0.118. The molecule has 2 aromatic carbocycles. The summed E-state index contributed by atoms with van der Waals surface area (Å²) in [6, 6.07) is 12.0. The summed E-state index contributed by atoms with van der Waals surface area (Å²) in [6.45, 7) is 5.78. The van der Waals surface area contributed by atoms with E-state index in [0.29, 0.717) is 47.2 Å². The Balaban J connectivity index is 0.000000141. The van der Waals surface area contributed by atoms with Crippen LogP contribution in [0.2, 0.25) is 15.7 Å². The molecule has 8 rings (SSSR count). The number of rotatable bonds is 5. The first-order chi connectivity index (χ1) is 23.5. The standard InChI is InChI=1S/C17H14BrClN4O.C9H7BrO.C8H8Cl2N4/c1-2-5-23-8-12-15(20-17(19)21-16(12)22-23)14-11-7-10(18)4-3-9(11)6-13(14)24;10-8-2-1-6-4-9(11)5-7(6)3-8;1-2-3-14-4-5-6(9)11-8(10)12-7(5)13-14/h3-4,7-8,14H,2,5-6H2,1H3;1-3H,4-5H2;4H,2-3H2,1H3. The number of hydrogen-bond donors (Lipinski definition) is 0. The number of halogens is 5. The molecule has 4 heterocycles. The molecule has 49 heavy (non-hydrogen) atoms. The van der Waals surface area contributed by atoms with Gasteiger partial charge in [-0.3, -0.25) is 19.0 Å². The Hall–Kier alpha value is -3.29. The fourth-order valence-electron chi connectivity index (χ4n) is 5.92. The molecule has 1 unspecified atom stereocenters. The van der Waals surface area contributed by atoms with Gasteiger partial charge in [0.05, 0.1) is 22.4 Å². The third kappa shape index (κ3) is 8.04. The van der Waals surface area contributed by atoms with Gasteiger partial charge in [-0.05, 0) is 82.6 Å². The highest BCUT2D eigenvalue weighted by molar-refractivity contribution is 9.10. The zero-order valence-corrected chi connectivity index (χ0v) is 31.9. The van der Waals surface area contributed by atoms with Crippen molar-refractivity contribution in [1.29, 1.82) is 0 Å². The summed E-state index contributed by atoms with van der Waals surface area (Å²) in [7, 11) is 0. The Morgan fingerprint density at radius 1 is 0.714 bits per heavy atom. The second-order valence-electron chi connectivity index (χ2n) is 11.6. The zero-order chi connectivity index (χ0) is 34.8. The average Bonchev–Trinajstić information content (AvgIpc) is 3.80. The van der Waals surface area contributed by atoms with Gasteiger partial charge in [-0.15, -0.1) is 0 Å². The lowest BCUT2D eigenvalue weighted by atomic mass is 9.95. The Morgan fingerprint density at radius 2 is 1.29 bits per heavy atom. The molecule has 252 valence electrons. The topological polar surface area (TPSA) is 121 Å². The number of fused-ring (bicyclic) bond motifs is 4. The van der Waals surface area contributed by atoms with Gasteiger partial charge in [0.1, 0.15) is 10.9 Å². The lowest BCUT2D eigenvalue weighted by Gasteiger charge is -2.11. The number of aromatic nitrogens is 8. The number of Topliss-reactive ketones (excluding diaryl/α,β-unsaturated/α-hetero) is 2. The fourth-order valence-corrected chi connectivity index (χ4v) is 7.30. The molecule has 0 spiro atoms. The van der Waals surface area contributed by atoms with Crippen LogP contribution in [-0.4, -0.2) is 51.1 Å². The highest BCUT2D eigenvalue weighted by Crippen LogP contribution is 2.39. The summed E-state index contributed by atoms with van der Waals surface area (Å²) in [4.78, 5) is 40.1. The van der Waals surface area contributed by atoms with E-state index in [2.05, 4.69) is 75.8 Å². The molecule has 2 aliphatic carbocycles. The minimum atomic E-state index is -0.417. The van der Waals surface area contributed by atoms with Crippen LogP contribution < -0.4 is 0 Å². The van der Waals surface area contributed by atoms with E-state index in [9.17, 15) is 9.59 Å². The first kappa shape index (κ1) is 35.5. The summed E-state index contributed by atoms with van der Waals surface area (Å²) in [5, 5.41) is 10.8. The Bertz CT molecular complexity index is 2220. The van der Waals surface area contributed by atoms with Crippen LogP contribution in [0.15, 0.2) is 57.7 Å². The molecule has 0 amide bonds. The molecule has 0 bridgehead atoms. The second-order valence-corrected chi connectivity index (χ2v) is 14.5. The predicted molar refractivity (Wildman–Crippen MR) is 198 cm³/mol. The average molecular weight is 848 g/mol. The van der Waals surface area contributed by atoms with E-state index in [-0.39, 0.29) is 16.4 Å². The summed E-state index contributed by atoms with van der Waals surface area (Å²) in [6.07, 6.45) is 7.37. The molecule has 0 radical (unpaired) electrons. The minimum Gasteiger partial charge on any atom is -0.299 e. The predicted octanol–water partition coefficient (Wildman–Crippen LogP) is 8.57. The van der Waals surface area contributed by atoms with Crippen LogP contribution in [0, 0.1) is 0 Å². The Kier molecular flexibility index (Phi) is 11.1. The van der Waals surface area contributed by atoms with E-state index < -0.39 is 5.92 Å². The quantitative estimate of drug-likeness (QED) is 0.125. The normalized spacial score (nSPS) is 14.8. The second kappa shape index (κ2) is 15.3. The summed E-state index contributed by atoms with van der Waals surface area (Å²) < 4.78 is 5.63. The zero-order valence-electron chi connectivity index (χ0n) is 26.4. The molecule has 1 atom stereocenters. The van der Waals surface area contributed by atoms with Gasteiger partial charge in [0.2, 0.25) is 10.6 Å². The Morgan fingerprint density at radius 3 is 1.96 bits per heavy atom. The summed E-state index contributed by atoms with van der Waals surface area (Å²) >= 11 is 24.5. The summed E-state index contributed by atoms with van der Waals surface area (Å²) in [5.41, 5.74) is 6.13. The maximum absolute atomic E-state index is 12.7. The van der Waals surface area contributed by atoms with Crippen LogP contribution >= 0.6 is 66.7 Å². The van der Waals surface area contributed by atoms with E-state index in [1.165, 1.54) is 11.1 Å². The van der Waals surface area contributed by atoms with Gasteiger partial charge in [0, 0.05) is 53.7 Å². The highest BCUT2D eigenvalue weighted by Gasteiger charge is 2.35. The molecular weight excluding hydrogens is 819 g/mol. The van der Waals surface area contributed by atoms with Crippen LogP contribution in [-0.2, 0) is 41.9 Å². The number of ketones is 2. The molecule has 10 nitrogen and oxygen atoms in total. The van der Waals surface area contributed by atoms with Crippen LogP contribution in [0.1, 0.15) is 60.6 Å². The van der Waals surface area contributed by atoms with Crippen molar-refractivity contribution in [1.82, 2.24) is 39.5 Å². The van der Waals surface area contributed by atoms with Gasteiger partial charge < -0.3 is 0 Å². The van der Waals surface area contributed by atoms with E-state index in [1.807, 2.05) is 53.5 Å². The number of benzene rings is 2. The van der Waals surface area contributed by atoms with Gasteiger partial charge in [-0.2, -0.15) is 20.2 Å². The summed E-state index contributed by atoms with van der Waals surface area (Å²) in [5.74, 6) is 0.0419. The van der Waals surface area contributed by atoms with Crippen LogP contribution in [0.4, 0.5) is 0 Å². The molecule has 0 saturated carbocycles. The van der Waals surface area contributed by atoms with Gasteiger partial charge in [0.15, 0.2) is 17.1 Å². The molecule has 0 fully saturated rings. The van der Waals surface area contributed by atoms with Crippen molar-refractivity contribution in [2.75, 3.05) is 0 Å². The van der Waals surface area contributed by atoms with Crippen molar-refractivity contribution in [2.24, 2.45) is 0 Å². The molecule has 4 aromatic heterocycles. The molecular formula is C34H29Br2Cl3N8O2. The lowest BCUT2D eigenvalue weighted by Crippen LogP contribution is -2.11.